The van der Waals surface area contributed by atoms with Crippen LogP contribution in [-0.2, 0) is 0 Å². The summed E-state index contributed by atoms with van der Waals surface area (Å²) < 4.78 is 18.1. The standard InChI is InChI=1S/C9H7ClFNO/c1-13-9-5-2-3-12-7(5)4-6(11)8(9)10/h2-4,12H,1H3. The summed E-state index contributed by atoms with van der Waals surface area (Å²) in [7, 11) is 1.47. The Balaban J connectivity index is 2.87. The van der Waals surface area contributed by atoms with Crippen molar-refractivity contribution >= 4 is 22.5 Å². The van der Waals surface area contributed by atoms with Crippen LogP contribution in [0, 0.1) is 5.82 Å². The summed E-state index contributed by atoms with van der Waals surface area (Å²) in [5, 5.41) is 0.809. The van der Waals surface area contributed by atoms with E-state index in [0.29, 0.717) is 11.3 Å². The minimum absolute atomic E-state index is 0.0228. The Labute approximate surface area is 79.3 Å². The molecule has 0 unspecified atom stereocenters. The first-order valence-corrected chi connectivity index (χ1v) is 4.11. The van der Waals surface area contributed by atoms with Gasteiger partial charge in [0.1, 0.15) is 16.6 Å². The second-order valence-corrected chi connectivity index (χ2v) is 3.02. The van der Waals surface area contributed by atoms with E-state index in [1.165, 1.54) is 13.2 Å². The average Bonchev–Trinajstić information content (AvgIpc) is 2.54. The molecule has 0 aliphatic rings. The predicted molar refractivity (Wildman–Crippen MR) is 49.8 cm³/mol. The van der Waals surface area contributed by atoms with Crippen molar-refractivity contribution in [3.05, 3.63) is 29.2 Å². The molecule has 0 radical (unpaired) electrons. The molecule has 68 valence electrons. The number of H-pyrrole nitrogens is 1. The van der Waals surface area contributed by atoms with Crippen LogP contribution in [0.4, 0.5) is 4.39 Å². The largest absolute Gasteiger partial charge is 0.494 e. The van der Waals surface area contributed by atoms with Crippen molar-refractivity contribution in [3.63, 3.8) is 0 Å². The molecule has 1 aromatic carbocycles. The number of aromatic amines is 1. The molecular weight excluding hydrogens is 193 g/mol. The molecule has 0 aliphatic heterocycles. The van der Waals surface area contributed by atoms with Gasteiger partial charge in [-0.15, -0.1) is 0 Å². The number of fused-ring (bicyclic) bond motifs is 1. The molecular formula is C9H7ClFNO. The third kappa shape index (κ3) is 1.16. The SMILES string of the molecule is COc1c(Cl)c(F)cc2[nH]ccc12. The van der Waals surface area contributed by atoms with Crippen LogP contribution in [0.3, 0.4) is 0 Å². The number of hydrogen-bond donors (Lipinski definition) is 1. The zero-order valence-electron chi connectivity index (χ0n) is 6.90. The molecule has 0 bridgehead atoms. The van der Waals surface area contributed by atoms with Crippen LogP contribution < -0.4 is 4.74 Å². The van der Waals surface area contributed by atoms with Crippen molar-refractivity contribution in [2.75, 3.05) is 7.11 Å². The van der Waals surface area contributed by atoms with Gasteiger partial charge in [-0.25, -0.2) is 4.39 Å². The molecule has 2 nitrogen and oxygen atoms in total. The monoisotopic (exact) mass is 199 g/mol. The van der Waals surface area contributed by atoms with E-state index in [1.54, 1.807) is 12.3 Å². The number of rotatable bonds is 1. The van der Waals surface area contributed by atoms with E-state index >= 15 is 0 Å². The molecule has 2 aromatic rings. The van der Waals surface area contributed by atoms with E-state index in [2.05, 4.69) is 4.98 Å². The van der Waals surface area contributed by atoms with Gasteiger partial charge in [-0.05, 0) is 12.1 Å². The number of halogens is 2. The molecule has 13 heavy (non-hydrogen) atoms. The third-order valence-electron chi connectivity index (χ3n) is 1.91. The lowest BCUT2D eigenvalue weighted by molar-refractivity contribution is 0.417. The van der Waals surface area contributed by atoms with Gasteiger partial charge in [-0.1, -0.05) is 11.6 Å². The number of aromatic nitrogens is 1. The van der Waals surface area contributed by atoms with Gasteiger partial charge in [0.2, 0.25) is 0 Å². The lowest BCUT2D eigenvalue weighted by atomic mass is 10.2. The van der Waals surface area contributed by atoms with Crippen molar-refractivity contribution in [2.45, 2.75) is 0 Å². The minimum atomic E-state index is -0.478. The molecule has 2 rings (SSSR count). The summed E-state index contributed by atoms with van der Waals surface area (Å²) in [6, 6.07) is 3.14. The van der Waals surface area contributed by atoms with Crippen molar-refractivity contribution in [2.24, 2.45) is 0 Å². The van der Waals surface area contributed by atoms with E-state index in [9.17, 15) is 4.39 Å². The van der Waals surface area contributed by atoms with E-state index in [4.69, 9.17) is 16.3 Å². The summed E-state index contributed by atoms with van der Waals surface area (Å²) >= 11 is 5.72. The van der Waals surface area contributed by atoms with Crippen molar-refractivity contribution in [3.8, 4) is 5.75 Å². The van der Waals surface area contributed by atoms with Crippen LogP contribution in [0.25, 0.3) is 10.9 Å². The Morgan fingerprint density at radius 2 is 2.31 bits per heavy atom. The Bertz CT molecular complexity index is 452. The van der Waals surface area contributed by atoms with Gasteiger partial charge in [0, 0.05) is 11.6 Å². The molecule has 0 aliphatic carbocycles. The number of ether oxygens (including phenoxy) is 1. The molecule has 0 spiro atoms. The minimum Gasteiger partial charge on any atom is -0.494 e. The zero-order chi connectivity index (χ0) is 9.42. The summed E-state index contributed by atoms with van der Waals surface area (Å²) in [6.45, 7) is 0. The van der Waals surface area contributed by atoms with Gasteiger partial charge in [-0.3, -0.25) is 0 Å². The summed E-state index contributed by atoms with van der Waals surface area (Å²) in [5.41, 5.74) is 0.679. The Kier molecular flexibility index (Phi) is 1.88. The molecule has 1 aromatic heterocycles. The zero-order valence-corrected chi connectivity index (χ0v) is 7.65. The second kappa shape index (κ2) is 2.92. The first-order valence-electron chi connectivity index (χ1n) is 3.73. The Morgan fingerprint density at radius 3 is 3.00 bits per heavy atom. The topological polar surface area (TPSA) is 25.0 Å². The third-order valence-corrected chi connectivity index (χ3v) is 2.26. The molecule has 0 fully saturated rings. The number of methoxy groups -OCH3 is 1. The normalized spacial score (nSPS) is 10.7. The van der Waals surface area contributed by atoms with E-state index in [1.807, 2.05) is 0 Å². The van der Waals surface area contributed by atoms with Gasteiger partial charge < -0.3 is 9.72 Å². The lowest BCUT2D eigenvalue weighted by Crippen LogP contribution is -1.88. The molecule has 0 saturated heterocycles. The van der Waals surface area contributed by atoms with E-state index < -0.39 is 5.82 Å². The fraction of sp³-hybridized carbons (Fsp3) is 0.111. The number of benzene rings is 1. The highest BCUT2D eigenvalue weighted by Crippen LogP contribution is 2.34. The van der Waals surface area contributed by atoms with Gasteiger partial charge in [-0.2, -0.15) is 0 Å². The summed E-state index contributed by atoms with van der Waals surface area (Å²) in [5.74, 6) is -0.105. The van der Waals surface area contributed by atoms with Gasteiger partial charge >= 0.3 is 0 Å². The first-order chi connectivity index (χ1) is 6.24. The molecule has 0 amide bonds. The number of hydrogen-bond acceptors (Lipinski definition) is 1. The van der Waals surface area contributed by atoms with Crippen LogP contribution in [0.2, 0.25) is 5.02 Å². The van der Waals surface area contributed by atoms with Gasteiger partial charge in [0.15, 0.2) is 0 Å². The summed E-state index contributed by atoms with van der Waals surface area (Å²) in [4.78, 5) is 2.88. The van der Waals surface area contributed by atoms with Crippen LogP contribution in [0.15, 0.2) is 18.3 Å². The molecule has 1 heterocycles. The van der Waals surface area contributed by atoms with Crippen molar-refractivity contribution in [1.29, 1.82) is 0 Å². The van der Waals surface area contributed by atoms with Crippen LogP contribution in [0.1, 0.15) is 0 Å². The van der Waals surface area contributed by atoms with Gasteiger partial charge in [0.25, 0.3) is 0 Å². The van der Waals surface area contributed by atoms with E-state index in [-0.39, 0.29) is 5.02 Å². The van der Waals surface area contributed by atoms with E-state index in [0.717, 1.165) is 5.39 Å². The first kappa shape index (κ1) is 8.38. The van der Waals surface area contributed by atoms with Gasteiger partial charge in [0.05, 0.1) is 12.6 Å². The van der Waals surface area contributed by atoms with Crippen LogP contribution >= 0.6 is 11.6 Å². The molecule has 0 saturated carbocycles. The van der Waals surface area contributed by atoms with Crippen LogP contribution in [0.5, 0.6) is 5.75 Å². The lowest BCUT2D eigenvalue weighted by Gasteiger charge is -2.04. The Hall–Kier alpha value is -1.22. The van der Waals surface area contributed by atoms with Crippen molar-refractivity contribution < 1.29 is 9.13 Å². The highest BCUT2D eigenvalue weighted by Gasteiger charge is 2.12. The highest BCUT2D eigenvalue weighted by atomic mass is 35.5. The maximum atomic E-state index is 13.1. The highest BCUT2D eigenvalue weighted by molar-refractivity contribution is 6.33. The smallest absolute Gasteiger partial charge is 0.149 e. The maximum absolute atomic E-state index is 13.1. The van der Waals surface area contributed by atoms with Crippen molar-refractivity contribution in [1.82, 2.24) is 4.98 Å². The fourth-order valence-corrected chi connectivity index (χ4v) is 1.55. The summed E-state index contributed by atoms with van der Waals surface area (Å²) in [6.07, 6.45) is 1.71. The molecule has 0 atom stereocenters. The number of nitrogens with one attached hydrogen (secondary N) is 1. The second-order valence-electron chi connectivity index (χ2n) is 2.64. The fourth-order valence-electron chi connectivity index (χ4n) is 1.32. The Morgan fingerprint density at radius 1 is 1.54 bits per heavy atom. The average molecular weight is 200 g/mol. The molecule has 4 heteroatoms. The van der Waals surface area contributed by atoms with Crippen LogP contribution in [-0.4, -0.2) is 12.1 Å². The maximum Gasteiger partial charge on any atom is 0.149 e. The quantitative estimate of drug-likeness (QED) is 0.751. The molecule has 1 N–H and O–H groups in total. The predicted octanol–water partition coefficient (Wildman–Crippen LogP) is 2.97.